The van der Waals surface area contributed by atoms with Crippen LogP contribution in [0.25, 0.3) is 5.65 Å². The van der Waals surface area contributed by atoms with Crippen LogP contribution >= 0.6 is 15.2 Å². The summed E-state index contributed by atoms with van der Waals surface area (Å²) < 4.78 is 27.2. The molecule has 4 N–H and O–H groups in total. The monoisotopic (exact) mass is 308 g/mol. The summed E-state index contributed by atoms with van der Waals surface area (Å²) in [5.41, 5.74) is -0.127. The standard InChI is InChI=1S/C8H10N2O7P2/c11-17-18(12,13)5-6-2-1-3-7-9-4-8(10(6)7)19(14,15)16/h1-4,11H,5H2,(H,12,13)(H2,14,15,16). The molecule has 2 aromatic heterocycles. The molecule has 2 aromatic rings. The number of nitrogens with zero attached hydrogens (tertiary/aromatic N) is 2. The molecule has 0 fully saturated rings. The highest BCUT2D eigenvalue weighted by Crippen LogP contribution is 2.44. The first-order valence-corrected chi connectivity index (χ1v) is 8.28. The van der Waals surface area contributed by atoms with Crippen molar-refractivity contribution >= 4 is 26.3 Å². The molecule has 0 saturated heterocycles. The summed E-state index contributed by atoms with van der Waals surface area (Å²) in [6.45, 7) is 0. The average Bonchev–Trinajstić information content (AvgIpc) is 2.73. The molecule has 0 aromatic carbocycles. The Morgan fingerprint density at radius 3 is 2.53 bits per heavy atom. The van der Waals surface area contributed by atoms with Gasteiger partial charge in [-0.2, -0.15) is 4.67 Å². The normalized spacial score (nSPS) is 15.6. The summed E-state index contributed by atoms with van der Waals surface area (Å²) in [7, 11) is -8.88. The molecule has 2 heterocycles. The fourth-order valence-electron chi connectivity index (χ4n) is 1.65. The Kier molecular flexibility index (Phi) is 3.63. The third-order valence-electron chi connectivity index (χ3n) is 2.38. The van der Waals surface area contributed by atoms with Gasteiger partial charge in [0.25, 0.3) is 0 Å². The topological polar surface area (TPSA) is 142 Å². The van der Waals surface area contributed by atoms with E-state index in [1.54, 1.807) is 0 Å². The second kappa shape index (κ2) is 4.81. The van der Waals surface area contributed by atoms with Crippen LogP contribution in [0.15, 0.2) is 24.4 Å². The lowest BCUT2D eigenvalue weighted by Crippen LogP contribution is -2.14. The molecular formula is C8H10N2O7P2. The second-order valence-corrected chi connectivity index (χ2v) is 7.05. The van der Waals surface area contributed by atoms with Gasteiger partial charge in [0, 0.05) is 5.69 Å². The SMILES string of the molecule is O=P(O)(Cc1cccc2ncc(P(=O)(O)O)n12)OO. The number of hydrogen-bond acceptors (Lipinski definition) is 5. The van der Waals surface area contributed by atoms with Crippen molar-refractivity contribution in [2.24, 2.45) is 0 Å². The van der Waals surface area contributed by atoms with E-state index in [1.807, 2.05) is 0 Å². The zero-order valence-electron chi connectivity index (χ0n) is 9.32. The molecule has 104 valence electrons. The van der Waals surface area contributed by atoms with Gasteiger partial charge in [0.05, 0.1) is 12.4 Å². The summed E-state index contributed by atoms with van der Waals surface area (Å²) in [4.78, 5) is 31.4. The third-order valence-corrected chi connectivity index (χ3v) is 4.27. The summed E-state index contributed by atoms with van der Waals surface area (Å²) in [5.74, 6) is 0. The second-order valence-electron chi connectivity index (χ2n) is 3.75. The minimum Gasteiger partial charge on any atom is -0.323 e. The maximum atomic E-state index is 11.3. The maximum Gasteiger partial charge on any atom is 0.374 e. The van der Waals surface area contributed by atoms with Crippen LogP contribution in [0.1, 0.15) is 5.69 Å². The molecule has 19 heavy (non-hydrogen) atoms. The number of hydrogen-bond donors (Lipinski definition) is 4. The minimum atomic E-state index is -4.59. The van der Waals surface area contributed by atoms with Crippen LogP contribution in [0, 0.1) is 0 Å². The van der Waals surface area contributed by atoms with E-state index in [4.69, 9.17) is 5.26 Å². The lowest BCUT2D eigenvalue weighted by atomic mass is 10.4. The smallest absolute Gasteiger partial charge is 0.323 e. The van der Waals surface area contributed by atoms with Crippen LogP contribution in [0.3, 0.4) is 0 Å². The van der Waals surface area contributed by atoms with Gasteiger partial charge in [0.1, 0.15) is 5.65 Å². The number of rotatable bonds is 4. The van der Waals surface area contributed by atoms with Gasteiger partial charge in [-0.3, -0.25) is 13.5 Å². The average molecular weight is 308 g/mol. The van der Waals surface area contributed by atoms with Crippen molar-refractivity contribution in [1.82, 2.24) is 9.38 Å². The number of fused-ring (bicyclic) bond motifs is 1. The van der Waals surface area contributed by atoms with Gasteiger partial charge in [0.15, 0.2) is 5.44 Å². The predicted molar refractivity (Wildman–Crippen MR) is 64.1 cm³/mol. The van der Waals surface area contributed by atoms with Crippen LogP contribution in [0.5, 0.6) is 0 Å². The Morgan fingerprint density at radius 2 is 1.95 bits per heavy atom. The van der Waals surface area contributed by atoms with Gasteiger partial charge < -0.3 is 14.7 Å². The lowest BCUT2D eigenvalue weighted by Gasteiger charge is -2.11. The van der Waals surface area contributed by atoms with Gasteiger partial charge in [0.2, 0.25) is 0 Å². The highest BCUT2D eigenvalue weighted by atomic mass is 31.2. The Bertz CT molecular complexity index is 706. The van der Waals surface area contributed by atoms with E-state index in [0.29, 0.717) is 0 Å². The third kappa shape index (κ3) is 2.93. The fraction of sp³-hybridized carbons (Fsp3) is 0.125. The largest absolute Gasteiger partial charge is 0.374 e. The number of pyridine rings is 1. The number of imidazole rings is 1. The molecule has 0 radical (unpaired) electrons. The van der Waals surface area contributed by atoms with E-state index in [0.717, 1.165) is 10.6 Å². The van der Waals surface area contributed by atoms with Crippen molar-refractivity contribution < 1.29 is 33.7 Å². The van der Waals surface area contributed by atoms with E-state index in [1.165, 1.54) is 18.2 Å². The first-order chi connectivity index (χ1) is 8.74. The molecule has 1 atom stereocenters. The molecule has 1 unspecified atom stereocenters. The van der Waals surface area contributed by atoms with E-state index < -0.39 is 26.8 Å². The van der Waals surface area contributed by atoms with E-state index in [-0.39, 0.29) is 11.3 Å². The fourth-order valence-corrected chi connectivity index (χ4v) is 3.06. The summed E-state index contributed by atoms with van der Waals surface area (Å²) in [6, 6.07) is 4.35. The molecule has 0 bridgehead atoms. The van der Waals surface area contributed by atoms with Gasteiger partial charge in [-0.15, -0.1) is 0 Å². The quantitative estimate of drug-likeness (QED) is 0.359. The molecule has 2 rings (SSSR count). The van der Waals surface area contributed by atoms with Crippen molar-refractivity contribution in [2.75, 3.05) is 0 Å². The van der Waals surface area contributed by atoms with Crippen molar-refractivity contribution in [3.8, 4) is 0 Å². The van der Waals surface area contributed by atoms with Gasteiger partial charge in [-0.05, 0) is 12.1 Å². The first kappa shape index (κ1) is 14.4. The van der Waals surface area contributed by atoms with Gasteiger partial charge in [-0.1, -0.05) is 6.07 Å². The summed E-state index contributed by atoms with van der Waals surface area (Å²) in [5, 5.41) is 8.32. The zero-order chi connectivity index (χ0) is 14.3. The molecule has 0 aliphatic heterocycles. The van der Waals surface area contributed by atoms with Crippen LogP contribution in [-0.4, -0.2) is 29.3 Å². The van der Waals surface area contributed by atoms with Crippen LogP contribution < -0.4 is 5.44 Å². The van der Waals surface area contributed by atoms with Crippen LogP contribution in [0.2, 0.25) is 0 Å². The Hall–Kier alpha value is -1.05. The van der Waals surface area contributed by atoms with Crippen LogP contribution in [-0.2, 0) is 20.0 Å². The summed E-state index contributed by atoms with van der Waals surface area (Å²) >= 11 is 0. The molecule has 0 saturated carbocycles. The predicted octanol–water partition coefficient (Wildman–Crippen LogP) is 0.312. The molecule has 0 aliphatic rings. The van der Waals surface area contributed by atoms with E-state index in [2.05, 4.69) is 9.66 Å². The molecule has 9 nitrogen and oxygen atoms in total. The van der Waals surface area contributed by atoms with Crippen molar-refractivity contribution in [1.29, 1.82) is 0 Å². The Balaban J connectivity index is 2.65. The van der Waals surface area contributed by atoms with E-state index >= 15 is 0 Å². The summed E-state index contributed by atoms with van der Waals surface area (Å²) in [6.07, 6.45) is 0.367. The van der Waals surface area contributed by atoms with E-state index in [9.17, 15) is 23.8 Å². The molecule has 0 spiro atoms. The number of aromatic nitrogens is 2. The first-order valence-electron chi connectivity index (χ1n) is 4.91. The molecule has 0 amide bonds. The molecule has 0 aliphatic carbocycles. The highest BCUT2D eigenvalue weighted by Gasteiger charge is 2.27. The lowest BCUT2D eigenvalue weighted by molar-refractivity contribution is -0.146. The Morgan fingerprint density at radius 1 is 1.26 bits per heavy atom. The van der Waals surface area contributed by atoms with Crippen molar-refractivity contribution in [2.45, 2.75) is 6.16 Å². The zero-order valence-corrected chi connectivity index (χ0v) is 11.1. The molecular weight excluding hydrogens is 298 g/mol. The maximum absolute atomic E-state index is 11.3. The van der Waals surface area contributed by atoms with Crippen LogP contribution in [0.4, 0.5) is 0 Å². The van der Waals surface area contributed by atoms with Gasteiger partial charge >= 0.3 is 15.2 Å². The van der Waals surface area contributed by atoms with Gasteiger partial charge in [-0.25, -0.2) is 10.2 Å². The highest BCUT2D eigenvalue weighted by molar-refractivity contribution is 7.60. The van der Waals surface area contributed by atoms with Crippen molar-refractivity contribution in [3.05, 3.63) is 30.1 Å². The molecule has 11 heteroatoms. The Labute approximate surface area is 106 Å². The minimum absolute atomic E-state index is 0.0770. The van der Waals surface area contributed by atoms with Crippen molar-refractivity contribution in [3.63, 3.8) is 0 Å².